The number of para-hydroxylation sites is 1. The standard InChI is InChI=1S/C19H25NO/c1-4-16(3)20-13-18-10-5-6-11-19(18)21-14-17-9-7-8-15(2)12-17/h5-12,16,20H,4,13-14H2,1-3H3/t16-/m0/s1. The number of hydrogen-bond acceptors (Lipinski definition) is 2. The first kappa shape index (κ1) is 15.6. The second-order valence-electron chi connectivity index (χ2n) is 5.58. The van der Waals surface area contributed by atoms with Gasteiger partial charge in [-0.05, 0) is 31.9 Å². The van der Waals surface area contributed by atoms with Crippen molar-refractivity contribution in [2.45, 2.75) is 46.4 Å². The second kappa shape index (κ2) is 7.84. The van der Waals surface area contributed by atoms with E-state index in [1.807, 2.05) is 12.1 Å². The fourth-order valence-corrected chi connectivity index (χ4v) is 2.18. The van der Waals surface area contributed by atoms with Crippen molar-refractivity contribution >= 4 is 0 Å². The average Bonchev–Trinajstić information content (AvgIpc) is 2.51. The van der Waals surface area contributed by atoms with Crippen LogP contribution in [0.2, 0.25) is 0 Å². The third-order valence-electron chi connectivity index (χ3n) is 3.70. The lowest BCUT2D eigenvalue weighted by Crippen LogP contribution is -2.24. The molecule has 21 heavy (non-hydrogen) atoms. The van der Waals surface area contributed by atoms with Gasteiger partial charge in [-0.2, -0.15) is 0 Å². The van der Waals surface area contributed by atoms with Gasteiger partial charge in [0.2, 0.25) is 0 Å². The molecule has 112 valence electrons. The van der Waals surface area contributed by atoms with Crippen LogP contribution < -0.4 is 10.1 Å². The number of rotatable bonds is 7. The van der Waals surface area contributed by atoms with Crippen LogP contribution in [0.4, 0.5) is 0 Å². The molecular weight excluding hydrogens is 258 g/mol. The smallest absolute Gasteiger partial charge is 0.124 e. The van der Waals surface area contributed by atoms with Crippen molar-refractivity contribution in [1.29, 1.82) is 0 Å². The van der Waals surface area contributed by atoms with Crippen LogP contribution >= 0.6 is 0 Å². The zero-order valence-electron chi connectivity index (χ0n) is 13.2. The van der Waals surface area contributed by atoms with Gasteiger partial charge in [0.15, 0.2) is 0 Å². The molecule has 0 spiro atoms. The first-order valence-corrected chi connectivity index (χ1v) is 7.68. The molecule has 0 unspecified atom stereocenters. The summed E-state index contributed by atoms with van der Waals surface area (Å²) < 4.78 is 6.00. The third kappa shape index (κ3) is 4.91. The van der Waals surface area contributed by atoms with Gasteiger partial charge in [-0.15, -0.1) is 0 Å². The summed E-state index contributed by atoms with van der Waals surface area (Å²) in [5, 5.41) is 3.52. The van der Waals surface area contributed by atoms with E-state index in [0.29, 0.717) is 12.6 Å². The van der Waals surface area contributed by atoms with Crippen molar-refractivity contribution in [3.05, 3.63) is 65.2 Å². The lowest BCUT2D eigenvalue weighted by Gasteiger charge is -2.15. The van der Waals surface area contributed by atoms with Crippen molar-refractivity contribution in [2.24, 2.45) is 0 Å². The van der Waals surface area contributed by atoms with Crippen molar-refractivity contribution in [3.8, 4) is 5.75 Å². The van der Waals surface area contributed by atoms with Crippen molar-refractivity contribution in [2.75, 3.05) is 0 Å². The Labute approximate surface area is 128 Å². The van der Waals surface area contributed by atoms with E-state index in [1.54, 1.807) is 0 Å². The van der Waals surface area contributed by atoms with Crippen LogP contribution in [-0.2, 0) is 13.2 Å². The van der Waals surface area contributed by atoms with E-state index in [0.717, 1.165) is 18.7 Å². The summed E-state index contributed by atoms with van der Waals surface area (Å²) in [6, 6.07) is 17.2. The summed E-state index contributed by atoms with van der Waals surface area (Å²) in [5.41, 5.74) is 3.69. The van der Waals surface area contributed by atoms with Crippen LogP contribution in [0.3, 0.4) is 0 Å². The number of aryl methyl sites for hydroxylation is 1. The number of nitrogens with one attached hydrogen (secondary N) is 1. The van der Waals surface area contributed by atoms with Gasteiger partial charge in [0.1, 0.15) is 12.4 Å². The molecule has 0 heterocycles. The minimum absolute atomic E-state index is 0.523. The monoisotopic (exact) mass is 283 g/mol. The summed E-state index contributed by atoms with van der Waals surface area (Å²) in [6.07, 6.45) is 1.13. The van der Waals surface area contributed by atoms with Crippen molar-refractivity contribution < 1.29 is 4.74 Å². The van der Waals surface area contributed by atoms with Gasteiger partial charge >= 0.3 is 0 Å². The molecule has 1 N–H and O–H groups in total. The Morgan fingerprint density at radius 3 is 2.67 bits per heavy atom. The minimum atomic E-state index is 0.523. The molecule has 0 fully saturated rings. The van der Waals surface area contributed by atoms with E-state index in [-0.39, 0.29) is 0 Å². The molecule has 0 aliphatic carbocycles. The molecule has 0 saturated heterocycles. The first-order chi connectivity index (χ1) is 10.2. The Kier molecular flexibility index (Phi) is 5.82. The predicted molar refractivity (Wildman–Crippen MR) is 88.5 cm³/mol. The van der Waals surface area contributed by atoms with Crippen molar-refractivity contribution in [3.63, 3.8) is 0 Å². The molecule has 2 rings (SSSR count). The predicted octanol–water partition coefficient (Wildman–Crippen LogP) is 4.46. The molecule has 2 heteroatoms. The fraction of sp³-hybridized carbons (Fsp3) is 0.368. The SMILES string of the molecule is CC[C@H](C)NCc1ccccc1OCc1cccc(C)c1. The van der Waals surface area contributed by atoms with E-state index < -0.39 is 0 Å². The first-order valence-electron chi connectivity index (χ1n) is 7.68. The van der Waals surface area contributed by atoms with E-state index in [9.17, 15) is 0 Å². The van der Waals surface area contributed by atoms with Crippen LogP contribution in [0.5, 0.6) is 5.75 Å². The maximum absolute atomic E-state index is 6.00. The molecule has 1 atom stereocenters. The van der Waals surface area contributed by atoms with Gasteiger partial charge in [0.05, 0.1) is 0 Å². The number of benzene rings is 2. The maximum Gasteiger partial charge on any atom is 0.124 e. The van der Waals surface area contributed by atoms with Crippen LogP contribution in [0.25, 0.3) is 0 Å². The topological polar surface area (TPSA) is 21.3 Å². The molecular formula is C19H25NO. The highest BCUT2D eigenvalue weighted by molar-refractivity contribution is 5.33. The summed E-state index contributed by atoms with van der Waals surface area (Å²) in [5.74, 6) is 0.967. The quantitative estimate of drug-likeness (QED) is 0.810. The largest absolute Gasteiger partial charge is 0.489 e. The molecule has 2 aromatic rings. The highest BCUT2D eigenvalue weighted by Gasteiger charge is 2.05. The zero-order valence-corrected chi connectivity index (χ0v) is 13.2. The average molecular weight is 283 g/mol. The van der Waals surface area contributed by atoms with Gasteiger partial charge in [-0.3, -0.25) is 0 Å². The number of ether oxygens (including phenoxy) is 1. The highest BCUT2D eigenvalue weighted by Crippen LogP contribution is 2.19. The molecule has 0 radical (unpaired) electrons. The van der Waals surface area contributed by atoms with E-state index >= 15 is 0 Å². The molecule has 0 bridgehead atoms. The summed E-state index contributed by atoms with van der Waals surface area (Å²) in [4.78, 5) is 0. The van der Waals surface area contributed by atoms with E-state index in [4.69, 9.17) is 4.74 Å². The van der Waals surface area contributed by atoms with Crippen LogP contribution in [-0.4, -0.2) is 6.04 Å². The minimum Gasteiger partial charge on any atom is -0.489 e. The summed E-state index contributed by atoms with van der Waals surface area (Å²) in [6.45, 7) is 7.96. The Bertz CT molecular complexity index is 565. The zero-order chi connectivity index (χ0) is 15.1. The Morgan fingerprint density at radius 2 is 1.90 bits per heavy atom. The fourth-order valence-electron chi connectivity index (χ4n) is 2.18. The summed E-state index contributed by atoms with van der Waals surface area (Å²) in [7, 11) is 0. The van der Waals surface area contributed by atoms with Gasteiger partial charge in [0, 0.05) is 18.2 Å². The normalized spacial score (nSPS) is 12.1. The Hall–Kier alpha value is -1.80. The molecule has 0 saturated carbocycles. The third-order valence-corrected chi connectivity index (χ3v) is 3.70. The molecule has 0 aromatic heterocycles. The second-order valence-corrected chi connectivity index (χ2v) is 5.58. The number of hydrogen-bond donors (Lipinski definition) is 1. The van der Waals surface area contributed by atoms with Gasteiger partial charge in [0.25, 0.3) is 0 Å². The molecule has 2 aromatic carbocycles. The molecule has 0 aliphatic heterocycles. The van der Waals surface area contributed by atoms with Crippen LogP contribution in [0.1, 0.15) is 37.0 Å². The maximum atomic E-state index is 6.00. The lowest BCUT2D eigenvalue weighted by atomic mass is 10.1. The lowest BCUT2D eigenvalue weighted by molar-refractivity contribution is 0.301. The Morgan fingerprint density at radius 1 is 1.10 bits per heavy atom. The van der Waals surface area contributed by atoms with Gasteiger partial charge < -0.3 is 10.1 Å². The Balaban J connectivity index is 1.99. The van der Waals surface area contributed by atoms with E-state index in [1.165, 1.54) is 16.7 Å². The van der Waals surface area contributed by atoms with E-state index in [2.05, 4.69) is 62.5 Å². The van der Waals surface area contributed by atoms with Crippen molar-refractivity contribution in [1.82, 2.24) is 5.32 Å². The van der Waals surface area contributed by atoms with Crippen LogP contribution in [0.15, 0.2) is 48.5 Å². The van der Waals surface area contributed by atoms with Gasteiger partial charge in [-0.1, -0.05) is 55.0 Å². The van der Waals surface area contributed by atoms with Gasteiger partial charge in [-0.25, -0.2) is 0 Å². The molecule has 2 nitrogen and oxygen atoms in total. The highest BCUT2D eigenvalue weighted by atomic mass is 16.5. The molecule has 0 aliphatic rings. The summed E-state index contributed by atoms with van der Waals surface area (Å²) >= 11 is 0. The van der Waals surface area contributed by atoms with Crippen LogP contribution in [0, 0.1) is 6.92 Å². The molecule has 0 amide bonds.